The van der Waals surface area contributed by atoms with Crippen molar-refractivity contribution in [1.29, 1.82) is 0 Å². The van der Waals surface area contributed by atoms with Crippen LogP contribution < -0.4 is 23.6 Å². The van der Waals surface area contributed by atoms with Crippen LogP contribution in [0.25, 0.3) is 0 Å². The van der Waals surface area contributed by atoms with E-state index in [2.05, 4.69) is 0 Å². The summed E-state index contributed by atoms with van der Waals surface area (Å²) in [6.07, 6.45) is -0.455. The van der Waals surface area contributed by atoms with Gasteiger partial charge >= 0.3 is 24.8 Å². The summed E-state index contributed by atoms with van der Waals surface area (Å²) in [6, 6.07) is 17.4. The van der Waals surface area contributed by atoms with Crippen LogP contribution in [0, 0.1) is 0 Å². The molecule has 0 spiro atoms. The van der Waals surface area contributed by atoms with Crippen LogP contribution in [0.4, 0.5) is 0 Å². The van der Waals surface area contributed by atoms with E-state index in [-0.39, 0.29) is 29.8 Å². The molecule has 1 unspecified atom stereocenters. The fourth-order valence-corrected chi connectivity index (χ4v) is 2.10. The molecule has 0 aliphatic heterocycles. The molecule has 2 rings (SSSR count). The van der Waals surface area contributed by atoms with Crippen molar-refractivity contribution in [3.05, 3.63) is 65.7 Å². The van der Waals surface area contributed by atoms with E-state index < -0.39 is 12.1 Å². The van der Waals surface area contributed by atoms with Crippen LogP contribution in [0.2, 0.25) is 0 Å². The first kappa shape index (κ1) is 25.4. The average molecular weight is 342 g/mol. The molecule has 0 saturated carbocycles. The van der Waals surface area contributed by atoms with Crippen LogP contribution in [0.15, 0.2) is 54.6 Å². The van der Waals surface area contributed by atoms with Crippen molar-refractivity contribution < 1.29 is 49.2 Å². The number of carboxylic acids is 1. The molecule has 0 aliphatic rings. The molecule has 4 N–H and O–H groups in total. The molecule has 6 nitrogen and oxygen atoms in total. The molecular formula is C18H23LiO6. The second-order valence-corrected chi connectivity index (χ2v) is 4.90. The predicted octanol–water partition coefficient (Wildman–Crippen LogP) is -0.700. The molecule has 7 heteroatoms. The third-order valence-electron chi connectivity index (χ3n) is 3.24. The van der Waals surface area contributed by atoms with Gasteiger partial charge in [-0.2, -0.15) is 0 Å². The Kier molecular flexibility index (Phi) is 13.7. The van der Waals surface area contributed by atoms with Crippen LogP contribution >= 0.6 is 0 Å². The van der Waals surface area contributed by atoms with E-state index in [0.717, 1.165) is 16.9 Å². The second-order valence-electron chi connectivity index (χ2n) is 4.90. The Morgan fingerprint density at radius 2 is 1.64 bits per heavy atom. The van der Waals surface area contributed by atoms with Gasteiger partial charge in [-0.05, 0) is 30.2 Å². The van der Waals surface area contributed by atoms with Crippen molar-refractivity contribution in [3.63, 3.8) is 0 Å². The van der Waals surface area contributed by atoms with E-state index in [4.69, 9.17) is 14.6 Å². The zero-order chi connectivity index (χ0) is 15.8. The third kappa shape index (κ3) is 8.73. The van der Waals surface area contributed by atoms with Gasteiger partial charge in [0.05, 0.1) is 0 Å². The fourth-order valence-electron chi connectivity index (χ4n) is 2.10. The Hall–Kier alpha value is -1.81. The van der Waals surface area contributed by atoms with Crippen LogP contribution in [-0.2, 0) is 22.6 Å². The summed E-state index contributed by atoms with van der Waals surface area (Å²) in [6.45, 7) is 2.68. The van der Waals surface area contributed by atoms with Crippen molar-refractivity contribution in [2.45, 2.75) is 26.1 Å². The number of benzene rings is 2. The minimum atomic E-state index is -0.939. The number of carbonyl (C=O) groups is 1. The van der Waals surface area contributed by atoms with Crippen LogP contribution in [0.1, 0.15) is 18.1 Å². The molecule has 0 aliphatic carbocycles. The molecule has 0 aromatic heterocycles. The largest absolute Gasteiger partial charge is 1.00 e. The van der Waals surface area contributed by atoms with Crippen molar-refractivity contribution in [3.8, 4) is 5.75 Å². The maximum Gasteiger partial charge on any atom is 1.00 e. The van der Waals surface area contributed by atoms with Crippen molar-refractivity contribution in [2.75, 3.05) is 6.61 Å². The Morgan fingerprint density at radius 3 is 2.16 bits per heavy atom. The van der Waals surface area contributed by atoms with Gasteiger partial charge in [0.25, 0.3) is 0 Å². The maximum atomic E-state index is 11.1. The minimum absolute atomic E-state index is 0. The molecule has 0 saturated heterocycles. The molecule has 25 heavy (non-hydrogen) atoms. The molecule has 1 atom stereocenters. The average Bonchev–Trinajstić information content (AvgIpc) is 2.54. The Labute approximate surface area is 159 Å². The van der Waals surface area contributed by atoms with Crippen molar-refractivity contribution in [1.82, 2.24) is 0 Å². The summed E-state index contributed by atoms with van der Waals surface area (Å²) in [4.78, 5) is 11.1. The molecule has 2 aromatic carbocycles. The summed E-state index contributed by atoms with van der Waals surface area (Å²) >= 11 is 0. The maximum absolute atomic E-state index is 11.1. The van der Waals surface area contributed by atoms with Gasteiger partial charge < -0.3 is 25.5 Å². The predicted molar refractivity (Wildman–Crippen MR) is 89.5 cm³/mol. The van der Waals surface area contributed by atoms with Gasteiger partial charge in [0.15, 0.2) is 6.10 Å². The molecule has 0 heterocycles. The molecule has 2 aromatic rings. The van der Waals surface area contributed by atoms with Gasteiger partial charge in [-0.3, -0.25) is 0 Å². The standard InChI is InChI=1S/C18H20O4.Li.2H2O/c1-2-21-17(18(19)20)12-14-8-10-16(11-9-14)22-13-15-6-4-3-5-7-15;;;/h3-11,17H,2,12-13H2,1H3,(H,19,20);;2*1H2/q;+1;;/p-1. The third-order valence-corrected chi connectivity index (χ3v) is 3.24. The van der Waals surface area contributed by atoms with Gasteiger partial charge in [-0.25, -0.2) is 4.79 Å². The molecule has 0 radical (unpaired) electrons. The van der Waals surface area contributed by atoms with Crippen molar-refractivity contribution >= 4 is 5.97 Å². The molecule has 0 fully saturated rings. The number of rotatable bonds is 8. The first-order valence-electron chi connectivity index (χ1n) is 7.29. The number of hydrogen-bond acceptors (Lipinski definition) is 4. The number of hydrogen-bond donors (Lipinski definition) is 1. The van der Waals surface area contributed by atoms with Crippen molar-refractivity contribution in [2.24, 2.45) is 0 Å². The number of aliphatic carboxylic acids is 1. The topological polar surface area (TPSA) is 117 Å². The smallest absolute Gasteiger partial charge is 0.870 e. The Morgan fingerprint density at radius 1 is 1.04 bits per heavy atom. The van der Waals surface area contributed by atoms with E-state index >= 15 is 0 Å². The summed E-state index contributed by atoms with van der Waals surface area (Å²) in [5, 5.41) is 9.08. The summed E-state index contributed by atoms with van der Waals surface area (Å²) < 4.78 is 10.9. The summed E-state index contributed by atoms with van der Waals surface area (Å²) in [5.41, 5.74) is 2.02. The van der Waals surface area contributed by atoms with E-state index in [1.165, 1.54) is 0 Å². The SMILES string of the molecule is CCOC(Cc1ccc(OCc2ccccc2)cc1)C(=O)O.O.[Li+].[OH-]. The zero-order valence-electron chi connectivity index (χ0n) is 14.5. The van der Waals surface area contributed by atoms with E-state index in [0.29, 0.717) is 19.6 Å². The quantitative estimate of drug-likeness (QED) is 0.637. The van der Waals surface area contributed by atoms with Crippen LogP contribution in [0.5, 0.6) is 5.75 Å². The summed E-state index contributed by atoms with van der Waals surface area (Å²) in [7, 11) is 0. The zero-order valence-corrected chi connectivity index (χ0v) is 14.5. The van der Waals surface area contributed by atoms with Gasteiger partial charge in [0, 0.05) is 13.0 Å². The molecule has 0 bridgehead atoms. The van der Waals surface area contributed by atoms with E-state index in [9.17, 15) is 4.79 Å². The van der Waals surface area contributed by atoms with Crippen LogP contribution in [0.3, 0.4) is 0 Å². The Bertz CT molecular complexity index is 588. The van der Waals surface area contributed by atoms with E-state index in [1.807, 2.05) is 54.6 Å². The van der Waals surface area contributed by atoms with Crippen LogP contribution in [-0.4, -0.2) is 34.7 Å². The van der Waals surface area contributed by atoms with Gasteiger partial charge in [0.2, 0.25) is 0 Å². The van der Waals surface area contributed by atoms with Gasteiger partial charge in [-0.1, -0.05) is 42.5 Å². The monoisotopic (exact) mass is 342 g/mol. The minimum Gasteiger partial charge on any atom is -0.870 e. The Balaban J connectivity index is 0. The summed E-state index contributed by atoms with van der Waals surface area (Å²) in [5.74, 6) is -0.179. The van der Waals surface area contributed by atoms with E-state index in [1.54, 1.807) is 6.92 Å². The normalized spacial score (nSPS) is 10.4. The fraction of sp³-hybridized carbons (Fsp3) is 0.278. The number of carboxylic acid groups (broad SMARTS) is 1. The second kappa shape index (κ2) is 13.5. The molecule has 0 amide bonds. The van der Waals surface area contributed by atoms with Gasteiger partial charge in [-0.15, -0.1) is 0 Å². The molecule has 132 valence electrons. The number of ether oxygens (including phenoxy) is 2. The first-order valence-corrected chi connectivity index (χ1v) is 7.29. The first-order chi connectivity index (χ1) is 10.7. The molecular weight excluding hydrogens is 319 g/mol. The van der Waals surface area contributed by atoms with Gasteiger partial charge in [0.1, 0.15) is 12.4 Å².